The van der Waals surface area contributed by atoms with Gasteiger partial charge in [-0.3, -0.25) is 0 Å². The Bertz CT molecular complexity index is 848. The molecule has 0 radical (unpaired) electrons. The molecule has 0 atom stereocenters. The molecule has 0 aliphatic rings. The summed E-state index contributed by atoms with van der Waals surface area (Å²) in [6.45, 7) is 6.18. The first-order valence-electron chi connectivity index (χ1n) is 7.75. The van der Waals surface area contributed by atoms with Crippen molar-refractivity contribution >= 4 is 17.3 Å². The lowest BCUT2D eigenvalue weighted by molar-refractivity contribution is 0.0468. The van der Waals surface area contributed by atoms with Crippen molar-refractivity contribution in [2.75, 3.05) is 0 Å². The number of hydrogen-bond acceptors (Lipinski definition) is 7. The number of aromatic nitrogens is 2. The molecule has 0 aliphatic heterocycles. The minimum Gasteiger partial charge on any atom is -0.489 e. The summed E-state index contributed by atoms with van der Waals surface area (Å²) in [5.41, 5.74) is 2.98. The van der Waals surface area contributed by atoms with Crippen molar-refractivity contribution in [2.45, 2.75) is 34.0 Å². The van der Waals surface area contributed by atoms with E-state index in [-0.39, 0.29) is 12.6 Å². The zero-order chi connectivity index (χ0) is 17.8. The van der Waals surface area contributed by atoms with Crippen molar-refractivity contribution in [1.29, 1.82) is 0 Å². The van der Waals surface area contributed by atoms with Crippen LogP contribution in [0.5, 0.6) is 5.75 Å². The molecule has 0 spiro atoms. The Kier molecular flexibility index (Phi) is 5.14. The van der Waals surface area contributed by atoms with Crippen LogP contribution >= 0.6 is 11.3 Å². The molecule has 0 aliphatic carbocycles. The van der Waals surface area contributed by atoms with Crippen molar-refractivity contribution in [3.63, 3.8) is 0 Å². The summed E-state index contributed by atoms with van der Waals surface area (Å²) in [6.07, 6.45) is 0. The van der Waals surface area contributed by atoms with Gasteiger partial charge in [-0.05, 0) is 45.0 Å². The van der Waals surface area contributed by atoms with Gasteiger partial charge < -0.3 is 14.0 Å². The number of carbonyl (C=O) groups is 1. The highest BCUT2D eigenvalue weighted by Gasteiger charge is 2.11. The maximum Gasteiger partial charge on any atom is 0.338 e. The zero-order valence-corrected chi connectivity index (χ0v) is 15.1. The van der Waals surface area contributed by atoms with Crippen LogP contribution in [-0.2, 0) is 18.0 Å². The van der Waals surface area contributed by atoms with Crippen LogP contribution in [0.1, 0.15) is 38.1 Å². The smallest absolute Gasteiger partial charge is 0.338 e. The van der Waals surface area contributed by atoms with Crippen LogP contribution in [0.4, 0.5) is 0 Å². The zero-order valence-electron chi connectivity index (χ0n) is 14.2. The molecular formula is C18H18N2O4S. The quantitative estimate of drug-likeness (QED) is 0.620. The van der Waals surface area contributed by atoms with Gasteiger partial charge >= 0.3 is 5.97 Å². The molecule has 25 heavy (non-hydrogen) atoms. The van der Waals surface area contributed by atoms with Gasteiger partial charge in [-0.15, -0.1) is 11.3 Å². The standard InChI is InChI=1S/C18H18N2O4S/c1-11-17(12(2)24-20-11)9-22-16-6-4-14(5-7-16)18(21)23-8-15-10-25-13(3)19-15/h4-7,10H,8-9H2,1-3H3. The van der Waals surface area contributed by atoms with E-state index >= 15 is 0 Å². The monoisotopic (exact) mass is 358 g/mol. The summed E-state index contributed by atoms with van der Waals surface area (Å²) < 4.78 is 16.1. The van der Waals surface area contributed by atoms with Crippen LogP contribution in [0, 0.1) is 20.8 Å². The second-order valence-electron chi connectivity index (χ2n) is 5.55. The lowest BCUT2D eigenvalue weighted by Crippen LogP contribution is -2.05. The number of hydrogen-bond donors (Lipinski definition) is 0. The van der Waals surface area contributed by atoms with Crippen LogP contribution in [0.25, 0.3) is 0 Å². The third-order valence-electron chi connectivity index (χ3n) is 3.67. The van der Waals surface area contributed by atoms with Crippen molar-refractivity contribution in [3.8, 4) is 5.75 Å². The molecule has 0 amide bonds. The Balaban J connectivity index is 1.55. The number of carbonyl (C=O) groups excluding carboxylic acids is 1. The largest absolute Gasteiger partial charge is 0.489 e. The average molecular weight is 358 g/mol. The molecule has 130 valence electrons. The third kappa shape index (κ3) is 4.24. The molecule has 1 aromatic carbocycles. The fourth-order valence-corrected chi connectivity index (χ4v) is 2.85. The summed E-state index contributed by atoms with van der Waals surface area (Å²) in [7, 11) is 0. The summed E-state index contributed by atoms with van der Waals surface area (Å²) >= 11 is 1.53. The lowest BCUT2D eigenvalue weighted by atomic mass is 10.2. The van der Waals surface area contributed by atoms with Gasteiger partial charge in [-0.25, -0.2) is 9.78 Å². The first-order chi connectivity index (χ1) is 12.0. The first-order valence-corrected chi connectivity index (χ1v) is 8.63. The van der Waals surface area contributed by atoms with Gasteiger partial charge in [0.15, 0.2) is 0 Å². The number of rotatable bonds is 6. The highest BCUT2D eigenvalue weighted by molar-refractivity contribution is 7.09. The number of benzene rings is 1. The van der Waals surface area contributed by atoms with Gasteiger partial charge in [-0.2, -0.15) is 0 Å². The molecule has 3 aromatic rings. The Morgan fingerprint density at radius 3 is 2.52 bits per heavy atom. The third-order valence-corrected chi connectivity index (χ3v) is 4.49. The lowest BCUT2D eigenvalue weighted by Gasteiger charge is -2.07. The topological polar surface area (TPSA) is 74.5 Å². The van der Waals surface area contributed by atoms with Gasteiger partial charge in [-0.1, -0.05) is 5.16 Å². The van der Waals surface area contributed by atoms with Crippen LogP contribution in [0.15, 0.2) is 34.2 Å². The molecule has 0 unspecified atom stereocenters. The number of esters is 1. The fraction of sp³-hybridized carbons (Fsp3) is 0.278. The molecule has 6 nitrogen and oxygen atoms in total. The summed E-state index contributed by atoms with van der Waals surface area (Å²) in [5.74, 6) is 1.02. The van der Waals surface area contributed by atoms with Crippen molar-refractivity contribution in [1.82, 2.24) is 10.1 Å². The minimum absolute atomic E-state index is 0.174. The molecule has 0 saturated carbocycles. The van der Waals surface area contributed by atoms with Gasteiger partial charge in [0.05, 0.1) is 27.5 Å². The Morgan fingerprint density at radius 2 is 1.92 bits per heavy atom. The Hall–Kier alpha value is -2.67. The maximum absolute atomic E-state index is 12.1. The van der Waals surface area contributed by atoms with Crippen LogP contribution in [-0.4, -0.2) is 16.1 Å². The average Bonchev–Trinajstić information content (AvgIpc) is 3.17. The van der Waals surface area contributed by atoms with Crippen molar-refractivity contribution in [3.05, 3.63) is 62.9 Å². The summed E-state index contributed by atoms with van der Waals surface area (Å²) in [6, 6.07) is 6.83. The van der Waals surface area contributed by atoms with E-state index in [1.165, 1.54) is 11.3 Å². The SMILES string of the molecule is Cc1nc(COC(=O)c2ccc(OCc3c(C)noc3C)cc2)cs1. The van der Waals surface area contributed by atoms with E-state index in [0.29, 0.717) is 17.9 Å². The molecule has 0 fully saturated rings. The normalized spacial score (nSPS) is 10.7. The number of ether oxygens (including phenoxy) is 2. The molecule has 3 rings (SSSR count). The predicted molar refractivity (Wildman–Crippen MR) is 92.7 cm³/mol. The van der Waals surface area contributed by atoms with E-state index < -0.39 is 0 Å². The number of thiazole rings is 1. The molecule has 0 saturated heterocycles. The van der Waals surface area contributed by atoms with Gasteiger partial charge in [0, 0.05) is 5.38 Å². The highest BCUT2D eigenvalue weighted by atomic mass is 32.1. The molecule has 7 heteroatoms. The summed E-state index contributed by atoms with van der Waals surface area (Å²) in [4.78, 5) is 16.3. The van der Waals surface area contributed by atoms with E-state index in [2.05, 4.69) is 10.1 Å². The van der Waals surface area contributed by atoms with Crippen LogP contribution in [0.3, 0.4) is 0 Å². The fourth-order valence-electron chi connectivity index (χ4n) is 2.25. The second-order valence-corrected chi connectivity index (χ2v) is 6.61. The highest BCUT2D eigenvalue weighted by Crippen LogP contribution is 2.18. The molecular weight excluding hydrogens is 340 g/mol. The first kappa shape index (κ1) is 17.2. The van der Waals surface area contributed by atoms with Crippen LogP contribution < -0.4 is 4.74 Å². The van der Waals surface area contributed by atoms with Gasteiger partial charge in [0.2, 0.25) is 0 Å². The molecule has 0 bridgehead atoms. The summed E-state index contributed by atoms with van der Waals surface area (Å²) in [5, 5.41) is 6.73. The van der Waals surface area contributed by atoms with Gasteiger partial charge in [0.1, 0.15) is 24.7 Å². The van der Waals surface area contributed by atoms with E-state index in [4.69, 9.17) is 14.0 Å². The number of nitrogens with zero attached hydrogens (tertiary/aromatic N) is 2. The minimum atomic E-state index is -0.386. The van der Waals surface area contributed by atoms with Gasteiger partial charge in [0.25, 0.3) is 0 Å². The van der Waals surface area contributed by atoms with E-state index in [9.17, 15) is 4.79 Å². The maximum atomic E-state index is 12.1. The van der Waals surface area contributed by atoms with E-state index in [1.54, 1.807) is 24.3 Å². The number of aryl methyl sites for hydroxylation is 3. The van der Waals surface area contributed by atoms with E-state index in [0.717, 1.165) is 27.7 Å². The van der Waals surface area contributed by atoms with Crippen LogP contribution in [0.2, 0.25) is 0 Å². The predicted octanol–water partition coefficient (Wildman–Crippen LogP) is 3.99. The molecule has 2 heterocycles. The molecule has 0 N–H and O–H groups in total. The Labute approximate surface area is 149 Å². The Morgan fingerprint density at radius 1 is 1.16 bits per heavy atom. The second kappa shape index (κ2) is 7.48. The molecule has 2 aromatic heterocycles. The van der Waals surface area contributed by atoms with Crippen molar-refractivity contribution < 1.29 is 18.8 Å². The van der Waals surface area contributed by atoms with E-state index in [1.807, 2.05) is 26.2 Å². The van der Waals surface area contributed by atoms with Crippen molar-refractivity contribution in [2.24, 2.45) is 0 Å².